The van der Waals surface area contributed by atoms with Gasteiger partial charge in [0.15, 0.2) is 0 Å². The number of carbonyl (C=O) groups is 2. The van der Waals surface area contributed by atoms with Crippen molar-refractivity contribution >= 4 is 11.9 Å². The number of rotatable bonds is 2. The minimum Gasteiger partial charge on any atom is -0.545 e. The highest BCUT2D eigenvalue weighted by molar-refractivity contribution is 5.85. The lowest BCUT2D eigenvalue weighted by atomic mass is 9.56. The Balaban J connectivity index is 0.000000121. The monoisotopic (exact) mass is 378 g/mol. The second-order valence-corrected chi connectivity index (χ2v) is 8.19. The molecule has 28 heavy (non-hydrogen) atoms. The molecule has 4 bridgehead atoms. The summed E-state index contributed by atoms with van der Waals surface area (Å²) < 4.78 is 0. The summed E-state index contributed by atoms with van der Waals surface area (Å²) in [6.45, 7) is 0. The topological polar surface area (TPSA) is 80.3 Å². The fourth-order valence-electron chi connectivity index (χ4n) is 5.13. The average molecular weight is 378 g/mol. The van der Waals surface area contributed by atoms with Gasteiger partial charge in [-0.3, -0.25) is 0 Å². The van der Waals surface area contributed by atoms with Crippen LogP contribution in [0.5, 0.6) is 0 Å². The van der Waals surface area contributed by atoms with E-state index in [-0.39, 0.29) is 11.1 Å². The lowest BCUT2D eigenvalue weighted by molar-refractivity contribution is -0.256. The molecule has 2 aromatic rings. The summed E-state index contributed by atoms with van der Waals surface area (Å²) in [6, 6.07) is 16.1. The number of carboxylic acids is 2. The van der Waals surface area contributed by atoms with Gasteiger partial charge in [0, 0.05) is 0 Å². The van der Waals surface area contributed by atoms with Crippen molar-refractivity contribution in [3.05, 3.63) is 71.8 Å². The molecule has 0 heterocycles. The fourth-order valence-corrected chi connectivity index (χ4v) is 5.13. The van der Waals surface area contributed by atoms with Crippen LogP contribution in [0, 0.1) is 23.7 Å². The molecule has 0 saturated heterocycles. The molecule has 0 spiro atoms. The first-order valence-corrected chi connectivity index (χ1v) is 10.0. The van der Waals surface area contributed by atoms with Gasteiger partial charge in [0.25, 0.3) is 0 Å². The summed E-state index contributed by atoms with van der Waals surface area (Å²) in [4.78, 5) is 20.2. The van der Waals surface area contributed by atoms with Gasteiger partial charge < -0.3 is 19.8 Å². The maximum atomic E-state index is 10.1. The summed E-state index contributed by atoms with van der Waals surface area (Å²) in [5.41, 5.74) is 0.440. The van der Waals surface area contributed by atoms with Crippen LogP contribution in [0.3, 0.4) is 0 Å². The second kappa shape index (κ2) is 9.54. The maximum Gasteiger partial charge on any atom is 0.0715 e. The molecule has 4 heteroatoms. The van der Waals surface area contributed by atoms with E-state index < -0.39 is 11.9 Å². The van der Waals surface area contributed by atoms with Crippen molar-refractivity contribution in [1.82, 2.24) is 0 Å². The zero-order valence-electron chi connectivity index (χ0n) is 16.0. The third kappa shape index (κ3) is 5.69. The van der Waals surface area contributed by atoms with E-state index in [2.05, 4.69) is 0 Å². The Bertz CT molecular complexity index is 664. The molecule has 0 amide bonds. The zero-order valence-corrected chi connectivity index (χ0v) is 16.0. The van der Waals surface area contributed by atoms with Crippen LogP contribution in [0.2, 0.25) is 0 Å². The van der Waals surface area contributed by atoms with Gasteiger partial charge in [0.2, 0.25) is 0 Å². The maximum absolute atomic E-state index is 10.1. The van der Waals surface area contributed by atoms with Gasteiger partial charge >= 0.3 is 0 Å². The standard InChI is InChI=1S/C10H16.2C7H6O2/c1-7-2-9-4-8(1)5-10(3-7)6-9;2*8-7(9)6-4-2-1-3-5-6/h7-10H,1-6H2;2*1-5H,(H,8,9)/p-2. The lowest BCUT2D eigenvalue weighted by Gasteiger charge is -2.49. The molecule has 148 valence electrons. The Hall–Kier alpha value is -2.62. The van der Waals surface area contributed by atoms with Crippen LogP contribution in [0.4, 0.5) is 0 Å². The molecular weight excluding hydrogens is 352 g/mol. The summed E-state index contributed by atoms with van der Waals surface area (Å²) >= 11 is 0. The molecule has 0 atom stereocenters. The van der Waals surface area contributed by atoms with Gasteiger partial charge in [-0.2, -0.15) is 0 Å². The van der Waals surface area contributed by atoms with Crippen molar-refractivity contribution in [1.29, 1.82) is 0 Å². The summed E-state index contributed by atoms with van der Waals surface area (Å²) in [6.07, 6.45) is 9.62. The highest BCUT2D eigenvalue weighted by Crippen LogP contribution is 2.53. The Morgan fingerprint density at radius 1 is 0.536 bits per heavy atom. The highest BCUT2D eigenvalue weighted by atomic mass is 16.4. The molecule has 4 saturated carbocycles. The van der Waals surface area contributed by atoms with E-state index in [9.17, 15) is 19.8 Å². The lowest BCUT2D eigenvalue weighted by Crippen LogP contribution is -2.38. The second-order valence-electron chi connectivity index (χ2n) is 8.19. The Labute approximate surface area is 166 Å². The number of carbonyl (C=O) groups excluding carboxylic acids is 2. The first-order valence-electron chi connectivity index (χ1n) is 10.0. The van der Waals surface area contributed by atoms with Crippen LogP contribution in [-0.4, -0.2) is 11.9 Å². The van der Waals surface area contributed by atoms with Crippen LogP contribution >= 0.6 is 0 Å². The summed E-state index contributed by atoms with van der Waals surface area (Å²) in [5.74, 6) is 2.45. The molecule has 0 aliphatic heterocycles. The van der Waals surface area contributed by atoms with E-state index >= 15 is 0 Å². The van der Waals surface area contributed by atoms with Crippen molar-refractivity contribution in [3.63, 3.8) is 0 Å². The quantitative estimate of drug-likeness (QED) is 0.805. The van der Waals surface area contributed by atoms with Gasteiger partial charge in [-0.05, 0) is 73.3 Å². The molecule has 4 aliphatic carbocycles. The van der Waals surface area contributed by atoms with Crippen LogP contribution in [0.15, 0.2) is 60.7 Å². The first kappa shape index (κ1) is 20.1. The average Bonchev–Trinajstić information content (AvgIpc) is 2.69. The highest BCUT2D eigenvalue weighted by Gasteiger charge is 2.41. The number of carboxylic acid groups (broad SMARTS) is 2. The molecule has 0 N–H and O–H groups in total. The largest absolute Gasteiger partial charge is 0.545 e. The molecule has 0 aromatic heterocycles. The van der Waals surface area contributed by atoms with Crippen LogP contribution in [0.1, 0.15) is 59.2 Å². The molecule has 2 aromatic carbocycles. The predicted molar refractivity (Wildman–Crippen MR) is 103 cm³/mol. The molecule has 4 nitrogen and oxygen atoms in total. The molecule has 4 fully saturated rings. The van der Waals surface area contributed by atoms with E-state index in [1.807, 2.05) is 0 Å². The molecular formula is C24H26O4-2. The van der Waals surface area contributed by atoms with Gasteiger partial charge in [0.1, 0.15) is 0 Å². The number of aromatic carboxylic acids is 2. The number of hydrogen-bond acceptors (Lipinski definition) is 4. The van der Waals surface area contributed by atoms with Crippen molar-refractivity contribution in [2.24, 2.45) is 23.7 Å². The van der Waals surface area contributed by atoms with Crippen molar-refractivity contribution in [2.75, 3.05) is 0 Å². The zero-order chi connectivity index (χ0) is 19.9. The van der Waals surface area contributed by atoms with Gasteiger partial charge in [-0.1, -0.05) is 60.7 Å². The molecule has 4 aliphatic rings. The van der Waals surface area contributed by atoms with Crippen molar-refractivity contribution in [2.45, 2.75) is 38.5 Å². The first-order chi connectivity index (χ1) is 13.5. The normalized spacial score (nSPS) is 26.3. The number of hydrogen-bond donors (Lipinski definition) is 0. The Kier molecular flexibility index (Phi) is 6.85. The third-order valence-corrected chi connectivity index (χ3v) is 6.02. The third-order valence-electron chi connectivity index (χ3n) is 6.02. The molecule has 0 radical (unpaired) electrons. The van der Waals surface area contributed by atoms with E-state index in [1.54, 1.807) is 74.9 Å². The predicted octanol–water partition coefficient (Wildman–Crippen LogP) is 2.93. The van der Waals surface area contributed by atoms with E-state index in [0.717, 1.165) is 0 Å². The Morgan fingerprint density at radius 3 is 0.964 bits per heavy atom. The van der Waals surface area contributed by atoms with E-state index in [1.165, 1.54) is 47.9 Å². The SMILES string of the molecule is C1C2CC3CC1CC(C2)C3.O=C([O-])c1ccccc1.O=C([O-])c1ccccc1. The Morgan fingerprint density at radius 2 is 0.786 bits per heavy atom. The molecule has 0 unspecified atom stereocenters. The minimum atomic E-state index is -1.13. The van der Waals surface area contributed by atoms with Crippen molar-refractivity contribution in [3.8, 4) is 0 Å². The van der Waals surface area contributed by atoms with E-state index in [0.29, 0.717) is 0 Å². The summed E-state index contributed by atoms with van der Waals surface area (Å²) in [5, 5.41) is 20.2. The van der Waals surface area contributed by atoms with Crippen LogP contribution in [-0.2, 0) is 0 Å². The van der Waals surface area contributed by atoms with Gasteiger partial charge in [-0.25, -0.2) is 0 Å². The van der Waals surface area contributed by atoms with Crippen molar-refractivity contribution < 1.29 is 19.8 Å². The minimum absolute atomic E-state index is 0.220. The summed E-state index contributed by atoms with van der Waals surface area (Å²) in [7, 11) is 0. The fraction of sp³-hybridized carbons (Fsp3) is 0.417. The van der Waals surface area contributed by atoms with Gasteiger partial charge in [-0.15, -0.1) is 0 Å². The van der Waals surface area contributed by atoms with E-state index in [4.69, 9.17) is 0 Å². The van der Waals surface area contributed by atoms with Crippen LogP contribution in [0.25, 0.3) is 0 Å². The smallest absolute Gasteiger partial charge is 0.0715 e. The van der Waals surface area contributed by atoms with Gasteiger partial charge in [0.05, 0.1) is 11.9 Å². The molecule has 6 rings (SSSR count). The van der Waals surface area contributed by atoms with Crippen LogP contribution < -0.4 is 10.2 Å². The number of benzene rings is 2.